The van der Waals surface area contributed by atoms with Crippen LogP contribution in [0.1, 0.15) is 28.8 Å². The van der Waals surface area contributed by atoms with E-state index < -0.39 is 17.6 Å². The molecule has 2 saturated heterocycles. The van der Waals surface area contributed by atoms with Crippen molar-refractivity contribution in [1.82, 2.24) is 10.2 Å². The number of amides is 2. The van der Waals surface area contributed by atoms with Gasteiger partial charge in [0.15, 0.2) is 6.10 Å². The highest BCUT2D eigenvalue weighted by Gasteiger charge is 2.37. The summed E-state index contributed by atoms with van der Waals surface area (Å²) in [6, 6.07) is 3.87. The molecule has 0 bridgehead atoms. The zero-order valence-corrected chi connectivity index (χ0v) is 12.8. The molecule has 0 aromatic heterocycles. The van der Waals surface area contributed by atoms with Crippen molar-refractivity contribution in [2.75, 3.05) is 19.7 Å². The molecule has 0 radical (unpaired) electrons. The first-order valence-corrected chi connectivity index (χ1v) is 7.73. The SMILES string of the molecule is O=C(NC1CCCN(C(=O)C2CO2)C1)c1ccc(C(F)(F)F)cc1. The van der Waals surface area contributed by atoms with Gasteiger partial charge in [-0.1, -0.05) is 0 Å². The molecule has 1 N–H and O–H groups in total. The van der Waals surface area contributed by atoms with Crippen molar-refractivity contribution in [3.8, 4) is 0 Å². The number of likely N-dealkylation sites (tertiary alicyclic amines) is 1. The Morgan fingerprint density at radius 2 is 1.88 bits per heavy atom. The molecule has 1 aromatic rings. The molecule has 2 heterocycles. The molecule has 24 heavy (non-hydrogen) atoms. The molecule has 8 heteroatoms. The predicted molar refractivity (Wildman–Crippen MR) is 78.3 cm³/mol. The first-order chi connectivity index (χ1) is 11.3. The number of hydrogen-bond acceptors (Lipinski definition) is 3. The Labute approximate surface area is 136 Å². The van der Waals surface area contributed by atoms with Crippen LogP contribution in [0.2, 0.25) is 0 Å². The maximum absolute atomic E-state index is 12.5. The van der Waals surface area contributed by atoms with E-state index in [-0.39, 0.29) is 23.6 Å². The summed E-state index contributed by atoms with van der Waals surface area (Å²) in [5.74, 6) is -0.505. The van der Waals surface area contributed by atoms with E-state index in [0.717, 1.165) is 37.1 Å². The van der Waals surface area contributed by atoms with Crippen LogP contribution in [-0.2, 0) is 15.7 Å². The number of hydrogen-bond donors (Lipinski definition) is 1. The third-order valence-electron chi connectivity index (χ3n) is 4.15. The second-order valence-electron chi connectivity index (χ2n) is 5.99. The highest BCUT2D eigenvalue weighted by molar-refractivity contribution is 5.94. The quantitative estimate of drug-likeness (QED) is 0.853. The second-order valence-corrected chi connectivity index (χ2v) is 5.99. The Kier molecular flexibility index (Phi) is 4.49. The minimum absolute atomic E-state index is 0.0662. The molecular weight excluding hydrogens is 325 g/mol. The van der Waals surface area contributed by atoms with Gasteiger partial charge in [-0.25, -0.2) is 0 Å². The first kappa shape index (κ1) is 16.8. The average molecular weight is 342 g/mol. The summed E-state index contributed by atoms with van der Waals surface area (Å²) < 4.78 is 42.6. The molecule has 2 aliphatic heterocycles. The second kappa shape index (κ2) is 6.43. The Hall–Kier alpha value is -2.09. The van der Waals surface area contributed by atoms with Gasteiger partial charge in [0, 0.05) is 24.7 Å². The largest absolute Gasteiger partial charge is 0.416 e. The molecule has 2 aliphatic rings. The monoisotopic (exact) mass is 342 g/mol. The lowest BCUT2D eigenvalue weighted by molar-refractivity contribution is -0.137. The average Bonchev–Trinajstić information content (AvgIpc) is 3.38. The molecule has 2 amide bonds. The summed E-state index contributed by atoms with van der Waals surface area (Å²) in [4.78, 5) is 25.8. The summed E-state index contributed by atoms with van der Waals surface area (Å²) in [6.45, 7) is 1.47. The Bertz CT molecular complexity index is 626. The minimum Gasteiger partial charge on any atom is -0.363 e. The van der Waals surface area contributed by atoms with E-state index in [1.54, 1.807) is 4.90 Å². The summed E-state index contributed by atoms with van der Waals surface area (Å²) >= 11 is 0. The molecule has 3 rings (SSSR count). The van der Waals surface area contributed by atoms with Crippen LogP contribution < -0.4 is 5.32 Å². The number of carbonyl (C=O) groups excluding carboxylic acids is 2. The fourth-order valence-corrected chi connectivity index (χ4v) is 2.77. The van der Waals surface area contributed by atoms with Crippen LogP contribution in [-0.4, -0.2) is 48.6 Å². The number of nitrogens with one attached hydrogen (secondary N) is 1. The smallest absolute Gasteiger partial charge is 0.363 e. The van der Waals surface area contributed by atoms with Crippen LogP contribution >= 0.6 is 0 Å². The number of ether oxygens (including phenoxy) is 1. The van der Waals surface area contributed by atoms with Gasteiger partial charge in [0.05, 0.1) is 12.2 Å². The molecular formula is C16H17F3N2O3. The van der Waals surface area contributed by atoms with Gasteiger partial charge in [-0.2, -0.15) is 13.2 Å². The van der Waals surface area contributed by atoms with E-state index in [1.807, 2.05) is 0 Å². The van der Waals surface area contributed by atoms with Crippen LogP contribution in [0.25, 0.3) is 0 Å². The number of carbonyl (C=O) groups is 2. The topological polar surface area (TPSA) is 61.9 Å². The Morgan fingerprint density at radius 3 is 2.46 bits per heavy atom. The number of epoxide rings is 1. The van der Waals surface area contributed by atoms with Gasteiger partial charge >= 0.3 is 6.18 Å². The fraction of sp³-hybridized carbons (Fsp3) is 0.500. The molecule has 0 aliphatic carbocycles. The van der Waals surface area contributed by atoms with Crippen molar-refractivity contribution in [2.24, 2.45) is 0 Å². The van der Waals surface area contributed by atoms with Crippen LogP contribution in [0.15, 0.2) is 24.3 Å². The van der Waals surface area contributed by atoms with Gasteiger partial charge in [-0.15, -0.1) is 0 Å². The first-order valence-electron chi connectivity index (χ1n) is 7.73. The zero-order chi connectivity index (χ0) is 17.3. The number of rotatable bonds is 3. The van der Waals surface area contributed by atoms with Crippen LogP contribution in [0, 0.1) is 0 Å². The van der Waals surface area contributed by atoms with Crippen molar-refractivity contribution >= 4 is 11.8 Å². The van der Waals surface area contributed by atoms with E-state index >= 15 is 0 Å². The van der Waals surface area contributed by atoms with E-state index in [4.69, 9.17) is 4.74 Å². The lowest BCUT2D eigenvalue weighted by Gasteiger charge is -2.33. The molecule has 5 nitrogen and oxygen atoms in total. The molecule has 2 unspecified atom stereocenters. The molecule has 130 valence electrons. The third kappa shape index (κ3) is 3.87. The van der Waals surface area contributed by atoms with Gasteiger partial charge in [-0.3, -0.25) is 9.59 Å². The van der Waals surface area contributed by atoms with E-state index in [2.05, 4.69) is 5.32 Å². The maximum Gasteiger partial charge on any atom is 0.416 e. The van der Waals surface area contributed by atoms with Crippen LogP contribution in [0.3, 0.4) is 0 Å². The highest BCUT2D eigenvalue weighted by atomic mass is 19.4. The predicted octanol–water partition coefficient (Wildman–Crippen LogP) is 1.83. The van der Waals surface area contributed by atoms with Gasteiger partial charge < -0.3 is 15.0 Å². The van der Waals surface area contributed by atoms with Gasteiger partial charge in [0.1, 0.15) is 0 Å². The van der Waals surface area contributed by atoms with Gasteiger partial charge in [0.25, 0.3) is 11.8 Å². The molecule has 2 atom stereocenters. The fourth-order valence-electron chi connectivity index (χ4n) is 2.77. The Morgan fingerprint density at radius 1 is 1.21 bits per heavy atom. The normalized spacial score (nSPS) is 23.7. The van der Waals surface area contributed by atoms with Gasteiger partial charge in [-0.05, 0) is 37.1 Å². The number of nitrogens with zero attached hydrogens (tertiary/aromatic N) is 1. The summed E-state index contributed by atoms with van der Waals surface area (Å²) in [7, 11) is 0. The molecule has 1 aromatic carbocycles. The number of benzene rings is 1. The minimum atomic E-state index is -4.43. The van der Waals surface area contributed by atoms with Crippen molar-refractivity contribution < 1.29 is 27.5 Å². The van der Waals surface area contributed by atoms with E-state index in [9.17, 15) is 22.8 Å². The summed E-state index contributed by atoms with van der Waals surface area (Å²) in [5, 5.41) is 2.78. The zero-order valence-electron chi connectivity index (χ0n) is 12.8. The van der Waals surface area contributed by atoms with Crippen molar-refractivity contribution in [2.45, 2.75) is 31.2 Å². The van der Waals surface area contributed by atoms with Crippen LogP contribution in [0.5, 0.6) is 0 Å². The number of alkyl halides is 3. The van der Waals surface area contributed by atoms with Crippen molar-refractivity contribution in [1.29, 1.82) is 0 Å². The Balaban J connectivity index is 1.58. The number of halogens is 3. The summed E-state index contributed by atoms with van der Waals surface area (Å²) in [5.41, 5.74) is -0.630. The molecule has 2 fully saturated rings. The third-order valence-corrected chi connectivity index (χ3v) is 4.15. The molecule has 0 spiro atoms. The summed E-state index contributed by atoms with van der Waals surface area (Å²) in [6.07, 6.45) is -3.29. The molecule has 0 saturated carbocycles. The standard InChI is InChI=1S/C16H17F3N2O3/c17-16(18,19)11-5-3-10(4-6-11)14(22)20-12-2-1-7-21(8-12)15(23)13-9-24-13/h3-6,12-13H,1-2,7-9H2,(H,20,22). The van der Waals surface area contributed by atoms with E-state index in [1.165, 1.54) is 0 Å². The van der Waals surface area contributed by atoms with Crippen molar-refractivity contribution in [3.05, 3.63) is 35.4 Å². The maximum atomic E-state index is 12.5. The van der Waals surface area contributed by atoms with Gasteiger partial charge in [0.2, 0.25) is 0 Å². The highest BCUT2D eigenvalue weighted by Crippen LogP contribution is 2.29. The van der Waals surface area contributed by atoms with E-state index in [0.29, 0.717) is 19.7 Å². The van der Waals surface area contributed by atoms with Crippen LogP contribution in [0.4, 0.5) is 13.2 Å². The number of piperidine rings is 1. The lowest BCUT2D eigenvalue weighted by atomic mass is 10.0. The lowest BCUT2D eigenvalue weighted by Crippen LogP contribution is -2.50. The van der Waals surface area contributed by atoms with Crippen molar-refractivity contribution in [3.63, 3.8) is 0 Å².